The molecule has 2 amide bonds. The summed E-state index contributed by atoms with van der Waals surface area (Å²) < 4.78 is 0. The Kier molecular flexibility index (Phi) is 7.04. The van der Waals surface area contributed by atoms with Crippen molar-refractivity contribution in [3.8, 4) is 0 Å². The van der Waals surface area contributed by atoms with Crippen LogP contribution in [0.4, 0.5) is 4.79 Å². The molecule has 0 saturated carbocycles. The van der Waals surface area contributed by atoms with Crippen molar-refractivity contribution in [2.75, 3.05) is 13.2 Å². The van der Waals surface area contributed by atoms with Gasteiger partial charge in [0.15, 0.2) is 0 Å². The minimum atomic E-state index is -0.461. The third-order valence-corrected chi connectivity index (χ3v) is 4.80. The number of aliphatic hydroxyl groups excluding tert-OH is 2. The topological polar surface area (TPSA) is 81.6 Å². The molecule has 5 nitrogen and oxygen atoms in total. The van der Waals surface area contributed by atoms with Gasteiger partial charge in [0, 0.05) is 16.8 Å². The third-order valence-electron chi connectivity index (χ3n) is 3.87. The van der Waals surface area contributed by atoms with Crippen LogP contribution in [0.3, 0.4) is 0 Å². The molecule has 0 saturated heterocycles. The third kappa shape index (κ3) is 6.49. The van der Waals surface area contributed by atoms with Crippen molar-refractivity contribution in [1.82, 2.24) is 10.6 Å². The van der Waals surface area contributed by atoms with Gasteiger partial charge in [-0.3, -0.25) is 0 Å². The van der Waals surface area contributed by atoms with E-state index in [0.717, 1.165) is 4.88 Å². The van der Waals surface area contributed by atoms with Crippen LogP contribution in [0.25, 0.3) is 0 Å². The molecule has 0 unspecified atom stereocenters. The van der Waals surface area contributed by atoms with E-state index in [1.165, 1.54) is 0 Å². The minimum Gasteiger partial charge on any atom is -0.396 e. The molecule has 132 valence electrons. The lowest BCUT2D eigenvalue weighted by atomic mass is 9.84. The Morgan fingerprint density at radius 1 is 1.35 bits per heavy atom. The molecule has 1 rings (SSSR count). The van der Waals surface area contributed by atoms with Crippen LogP contribution in [0.2, 0.25) is 0 Å². The molecule has 0 bridgehead atoms. The second kappa shape index (κ2) is 8.13. The fraction of sp³-hybridized carbons (Fsp3) is 0.706. The monoisotopic (exact) mass is 342 g/mol. The molecule has 1 aromatic rings. The van der Waals surface area contributed by atoms with E-state index in [1.807, 2.05) is 45.2 Å². The van der Waals surface area contributed by atoms with Gasteiger partial charge in [-0.2, -0.15) is 0 Å². The molecule has 6 heteroatoms. The number of nitrogens with one attached hydrogen (secondary N) is 2. The zero-order valence-corrected chi connectivity index (χ0v) is 15.5. The average Bonchev–Trinajstić information content (AvgIpc) is 2.94. The molecule has 0 aliphatic rings. The van der Waals surface area contributed by atoms with Crippen molar-refractivity contribution in [3.05, 3.63) is 22.4 Å². The summed E-state index contributed by atoms with van der Waals surface area (Å²) in [6.45, 7) is 10.1. The maximum Gasteiger partial charge on any atom is 0.315 e. The molecule has 1 heterocycles. The number of carbonyl (C=O) groups excluding carboxylic acids is 1. The van der Waals surface area contributed by atoms with Crippen LogP contribution in [-0.2, 0) is 0 Å². The number of carbonyl (C=O) groups is 1. The quantitative estimate of drug-likeness (QED) is 0.586. The van der Waals surface area contributed by atoms with E-state index in [1.54, 1.807) is 18.3 Å². The number of hydrogen-bond acceptors (Lipinski definition) is 4. The molecule has 0 radical (unpaired) electrons. The van der Waals surface area contributed by atoms with E-state index in [-0.39, 0.29) is 24.1 Å². The molecule has 0 fully saturated rings. The predicted molar refractivity (Wildman–Crippen MR) is 94.5 cm³/mol. The van der Waals surface area contributed by atoms with Crippen molar-refractivity contribution in [2.24, 2.45) is 10.8 Å². The van der Waals surface area contributed by atoms with Crippen molar-refractivity contribution in [2.45, 2.75) is 53.2 Å². The first-order chi connectivity index (χ1) is 10.6. The summed E-state index contributed by atoms with van der Waals surface area (Å²) in [6.07, 6.45) is 0.214. The van der Waals surface area contributed by atoms with E-state index in [9.17, 15) is 15.0 Å². The summed E-state index contributed by atoms with van der Waals surface area (Å²) >= 11 is 1.56. The minimum absolute atomic E-state index is 0.0244. The summed E-state index contributed by atoms with van der Waals surface area (Å²) in [5.41, 5.74) is -0.645. The summed E-state index contributed by atoms with van der Waals surface area (Å²) in [4.78, 5) is 13.3. The van der Waals surface area contributed by atoms with Crippen LogP contribution >= 0.6 is 11.3 Å². The van der Waals surface area contributed by atoms with Crippen LogP contribution in [0.5, 0.6) is 0 Å². The molecule has 23 heavy (non-hydrogen) atoms. The highest BCUT2D eigenvalue weighted by atomic mass is 32.1. The maximum absolute atomic E-state index is 12.3. The van der Waals surface area contributed by atoms with Gasteiger partial charge in [0.25, 0.3) is 0 Å². The molecular formula is C17H30N2O3S. The summed E-state index contributed by atoms with van der Waals surface area (Å²) in [7, 11) is 0. The predicted octanol–water partition coefficient (Wildman–Crippen LogP) is 2.90. The number of aliphatic hydroxyl groups is 2. The second-order valence-corrected chi connectivity index (χ2v) is 8.62. The van der Waals surface area contributed by atoms with Gasteiger partial charge in [0.1, 0.15) is 0 Å². The molecule has 4 N–H and O–H groups in total. The molecule has 0 aromatic carbocycles. The van der Waals surface area contributed by atoms with Crippen molar-refractivity contribution < 1.29 is 15.0 Å². The van der Waals surface area contributed by atoms with Gasteiger partial charge < -0.3 is 20.8 Å². The highest BCUT2D eigenvalue weighted by Gasteiger charge is 2.32. The van der Waals surface area contributed by atoms with Crippen molar-refractivity contribution in [1.29, 1.82) is 0 Å². The lowest BCUT2D eigenvalue weighted by Gasteiger charge is -2.33. The lowest BCUT2D eigenvalue weighted by molar-refractivity contribution is 0.116. The number of urea groups is 1. The first kappa shape index (κ1) is 19.9. The molecule has 2 atom stereocenters. The molecule has 0 aliphatic carbocycles. The Bertz CT molecular complexity index is 484. The maximum atomic E-state index is 12.3. The molecule has 1 aromatic heterocycles. The number of amides is 2. The van der Waals surface area contributed by atoms with Crippen LogP contribution in [0.1, 0.15) is 52.0 Å². The molecule has 0 spiro atoms. The van der Waals surface area contributed by atoms with E-state index in [4.69, 9.17) is 0 Å². The van der Waals surface area contributed by atoms with Crippen molar-refractivity contribution in [3.63, 3.8) is 0 Å². The number of thiophene rings is 1. The van der Waals surface area contributed by atoms with Gasteiger partial charge in [-0.25, -0.2) is 4.79 Å². The fourth-order valence-corrected chi connectivity index (χ4v) is 3.56. The largest absolute Gasteiger partial charge is 0.396 e. The Hall–Kier alpha value is -1.11. The van der Waals surface area contributed by atoms with Gasteiger partial charge in [-0.05, 0) is 30.2 Å². The highest BCUT2D eigenvalue weighted by Crippen LogP contribution is 2.35. The van der Waals surface area contributed by atoms with E-state index in [2.05, 4.69) is 10.6 Å². The van der Waals surface area contributed by atoms with Gasteiger partial charge in [-0.15, -0.1) is 11.3 Å². The normalized spacial score (nSPS) is 15.1. The average molecular weight is 343 g/mol. The standard InChI is InChI=1S/C17H30N2O3S/c1-12(21)9-16(2,3)10-18-15(22)19-14(17(4,5)11-20)13-7-6-8-23-13/h6-8,12,14,20-21H,9-11H2,1-5H3,(H2,18,19,22)/t12-,14-/m1/s1. The Morgan fingerprint density at radius 2 is 2.00 bits per heavy atom. The van der Waals surface area contributed by atoms with E-state index < -0.39 is 11.5 Å². The van der Waals surface area contributed by atoms with Gasteiger partial charge in [-0.1, -0.05) is 33.8 Å². The first-order valence-corrected chi connectivity index (χ1v) is 8.82. The zero-order valence-electron chi connectivity index (χ0n) is 14.7. The smallest absolute Gasteiger partial charge is 0.315 e. The molecule has 0 aliphatic heterocycles. The highest BCUT2D eigenvalue weighted by molar-refractivity contribution is 7.10. The Morgan fingerprint density at radius 3 is 2.48 bits per heavy atom. The summed E-state index contributed by atoms with van der Waals surface area (Å²) in [5, 5.41) is 27.0. The van der Waals surface area contributed by atoms with Crippen LogP contribution in [0.15, 0.2) is 17.5 Å². The van der Waals surface area contributed by atoms with Gasteiger partial charge in [0.2, 0.25) is 0 Å². The molecular weight excluding hydrogens is 312 g/mol. The van der Waals surface area contributed by atoms with Crippen LogP contribution in [0, 0.1) is 10.8 Å². The van der Waals surface area contributed by atoms with E-state index in [0.29, 0.717) is 13.0 Å². The summed E-state index contributed by atoms with van der Waals surface area (Å²) in [5.74, 6) is 0. The van der Waals surface area contributed by atoms with Crippen LogP contribution < -0.4 is 10.6 Å². The lowest BCUT2D eigenvalue weighted by Crippen LogP contribution is -2.46. The Balaban J connectivity index is 2.68. The first-order valence-electron chi connectivity index (χ1n) is 7.94. The number of hydrogen-bond donors (Lipinski definition) is 4. The second-order valence-electron chi connectivity index (χ2n) is 7.64. The summed E-state index contributed by atoms with van der Waals surface area (Å²) in [6, 6.07) is 3.38. The van der Waals surface area contributed by atoms with Crippen molar-refractivity contribution >= 4 is 17.4 Å². The zero-order chi connectivity index (χ0) is 17.7. The van der Waals surface area contributed by atoms with E-state index >= 15 is 0 Å². The fourth-order valence-electron chi connectivity index (χ4n) is 2.57. The van der Waals surface area contributed by atoms with Crippen LogP contribution in [-0.4, -0.2) is 35.5 Å². The van der Waals surface area contributed by atoms with Gasteiger partial charge in [0.05, 0.1) is 18.8 Å². The Labute approximate surface area is 143 Å². The number of rotatable bonds is 8. The SMILES string of the molecule is C[C@@H](O)CC(C)(C)CNC(=O)N[C@H](c1cccs1)C(C)(C)CO. The van der Waals surface area contributed by atoms with Gasteiger partial charge >= 0.3 is 6.03 Å².